The molecule has 0 aliphatic carbocycles. The highest BCUT2D eigenvalue weighted by Gasteiger charge is 2.26. The molecule has 3 atom stereocenters. The van der Waals surface area contributed by atoms with Gasteiger partial charge in [0, 0.05) is 12.3 Å². The van der Waals surface area contributed by atoms with Gasteiger partial charge in [-0.25, -0.2) is 0 Å². The Labute approximate surface area is 170 Å². The zero-order valence-electron chi connectivity index (χ0n) is 16.0. The number of amides is 1. The van der Waals surface area contributed by atoms with Crippen LogP contribution in [0.15, 0.2) is 54.6 Å². The third-order valence-corrected chi connectivity index (χ3v) is 4.84. The zero-order chi connectivity index (χ0) is 20.7. The highest BCUT2D eigenvalue weighted by Crippen LogP contribution is 2.22. The van der Waals surface area contributed by atoms with Crippen molar-refractivity contribution in [2.45, 2.75) is 38.0 Å². The predicted octanol–water partition coefficient (Wildman–Crippen LogP) is 3.38. The van der Waals surface area contributed by atoms with Gasteiger partial charge < -0.3 is 10.4 Å². The summed E-state index contributed by atoms with van der Waals surface area (Å²) in [4.78, 5) is 35.7. The Morgan fingerprint density at radius 3 is 2.07 bits per heavy atom. The van der Waals surface area contributed by atoms with Crippen LogP contribution in [0.3, 0.4) is 0 Å². The monoisotopic (exact) mass is 399 g/mol. The smallest absolute Gasteiger partial charge is 0.325 e. The Hall–Kier alpha value is -2.60. The summed E-state index contributed by atoms with van der Waals surface area (Å²) in [5.41, 5.74) is 3.06. The van der Waals surface area contributed by atoms with Gasteiger partial charge in [0.1, 0.15) is 11.8 Å². The van der Waals surface area contributed by atoms with Gasteiger partial charge in [0.25, 0.3) is 0 Å². The van der Waals surface area contributed by atoms with E-state index in [2.05, 4.69) is 17.9 Å². The van der Waals surface area contributed by atoms with E-state index >= 15 is 0 Å². The van der Waals surface area contributed by atoms with Gasteiger partial charge in [-0.15, -0.1) is 0 Å². The number of carboxylic acid groups (broad SMARTS) is 1. The highest BCUT2D eigenvalue weighted by molar-refractivity contribution is 7.81. The van der Waals surface area contributed by atoms with Crippen molar-refractivity contribution in [3.8, 4) is 11.1 Å². The maximum atomic E-state index is 12.6. The molecule has 0 saturated heterocycles. The van der Waals surface area contributed by atoms with Gasteiger partial charge in [0.05, 0.1) is 5.25 Å². The summed E-state index contributed by atoms with van der Waals surface area (Å²) in [6.45, 7) is 3.06. The van der Waals surface area contributed by atoms with Crippen LogP contribution in [0.4, 0.5) is 0 Å². The zero-order valence-corrected chi connectivity index (χ0v) is 16.9. The van der Waals surface area contributed by atoms with Crippen molar-refractivity contribution in [3.05, 3.63) is 60.2 Å². The SMILES string of the molecule is CC(S)C(=O)CC(Cc1ccc(-c2ccccc2)cc1)C(=O)N[C@@H](C)C(=O)O. The molecule has 0 aliphatic rings. The van der Waals surface area contributed by atoms with Gasteiger partial charge in [-0.2, -0.15) is 12.6 Å². The number of carbonyl (C=O) groups is 3. The van der Waals surface area contributed by atoms with E-state index in [1.807, 2.05) is 54.6 Å². The first-order chi connectivity index (χ1) is 13.3. The van der Waals surface area contributed by atoms with E-state index in [1.165, 1.54) is 6.92 Å². The first-order valence-electron chi connectivity index (χ1n) is 9.16. The minimum Gasteiger partial charge on any atom is -0.480 e. The molecule has 2 aromatic rings. The van der Waals surface area contributed by atoms with Crippen LogP contribution in [0.2, 0.25) is 0 Å². The maximum absolute atomic E-state index is 12.6. The molecule has 28 heavy (non-hydrogen) atoms. The summed E-state index contributed by atoms with van der Waals surface area (Å²) < 4.78 is 0. The largest absolute Gasteiger partial charge is 0.480 e. The van der Waals surface area contributed by atoms with Crippen molar-refractivity contribution in [1.82, 2.24) is 5.32 Å². The molecule has 0 saturated carbocycles. The molecule has 0 bridgehead atoms. The minimum atomic E-state index is -1.12. The number of hydrogen-bond donors (Lipinski definition) is 3. The second-order valence-corrected chi connectivity index (χ2v) is 7.65. The fraction of sp³-hybridized carbons (Fsp3) is 0.318. The van der Waals surface area contributed by atoms with Gasteiger partial charge in [0.15, 0.2) is 0 Å². The lowest BCUT2D eigenvalue weighted by Crippen LogP contribution is -2.43. The van der Waals surface area contributed by atoms with Crippen molar-refractivity contribution in [2.75, 3.05) is 0 Å². The fourth-order valence-corrected chi connectivity index (χ4v) is 2.92. The molecule has 0 radical (unpaired) electrons. The molecule has 0 aliphatic heterocycles. The maximum Gasteiger partial charge on any atom is 0.325 e. The van der Waals surface area contributed by atoms with Crippen LogP contribution in [0, 0.1) is 5.92 Å². The van der Waals surface area contributed by atoms with Crippen molar-refractivity contribution in [2.24, 2.45) is 5.92 Å². The predicted molar refractivity (Wildman–Crippen MR) is 112 cm³/mol. The number of carbonyl (C=O) groups excluding carboxylic acids is 2. The molecule has 0 spiro atoms. The summed E-state index contributed by atoms with van der Waals surface area (Å²) in [6, 6.07) is 16.7. The molecular formula is C22H25NO4S. The topological polar surface area (TPSA) is 83.5 Å². The average molecular weight is 400 g/mol. The van der Waals surface area contributed by atoms with Crippen LogP contribution in [0.1, 0.15) is 25.8 Å². The van der Waals surface area contributed by atoms with Gasteiger partial charge in [-0.3, -0.25) is 14.4 Å². The number of benzene rings is 2. The van der Waals surface area contributed by atoms with E-state index < -0.39 is 29.1 Å². The molecule has 5 nitrogen and oxygen atoms in total. The quantitative estimate of drug-likeness (QED) is 0.565. The van der Waals surface area contributed by atoms with Crippen LogP contribution < -0.4 is 5.32 Å². The van der Waals surface area contributed by atoms with Crippen molar-refractivity contribution in [3.63, 3.8) is 0 Å². The molecule has 2 rings (SSSR count). The Balaban J connectivity index is 2.15. The molecule has 148 valence electrons. The van der Waals surface area contributed by atoms with Crippen molar-refractivity contribution in [1.29, 1.82) is 0 Å². The minimum absolute atomic E-state index is 0.0171. The summed E-state index contributed by atoms with van der Waals surface area (Å²) >= 11 is 4.14. The number of nitrogens with one attached hydrogen (secondary N) is 1. The lowest BCUT2D eigenvalue weighted by molar-refractivity contribution is -0.142. The lowest BCUT2D eigenvalue weighted by Gasteiger charge is -2.19. The summed E-state index contributed by atoms with van der Waals surface area (Å²) in [5.74, 6) is -2.35. The van der Waals surface area contributed by atoms with Crippen LogP contribution in [-0.2, 0) is 20.8 Å². The standard InChI is InChI=1S/C22H25NO4S/c1-14(22(26)27)23-21(25)19(13-20(24)15(2)28)12-16-8-10-18(11-9-16)17-6-4-3-5-7-17/h3-11,14-15,19,28H,12-13H2,1-2H3,(H,23,25)(H,26,27)/t14-,15?,19?/m0/s1. The molecule has 2 aromatic carbocycles. The van der Waals surface area contributed by atoms with Crippen LogP contribution in [0.25, 0.3) is 11.1 Å². The number of rotatable bonds is 9. The summed E-state index contributed by atoms with van der Waals surface area (Å²) in [6.07, 6.45) is 0.364. The number of carboxylic acids is 1. The normalized spacial score (nSPS) is 14.0. The van der Waals surface area contributed by atoms with Crippen molar-refractivity contribution >= 4 is 30.3 Å². The van der Waals surface area contributed by atoms with Gasteiger partial charge in [0.2, 0.25) is 5.91 Å². The Morgan fingerprint density at radius 2 is 1.54 bits per heavy atom. The van der Waals surface area contributed by atoms with E-state index in [1.54, 1.807) is 6.92 Å². The number of aliphatic carboxylic acids is 1. The van der Waals surface area contributed by atoms with E-state index in [0.29, 0.717) is 6.42 Å². The van der Waals surface area contributed by atoms with Crippen LogP contribution >= 0.6 is 12.6 Å². The van der Waals surface area contributed by atoms with Crippen molar-refractivity contribution < 1.29 is 19.5 Å². The fourth-order valence-electron chi connectivity index (χ4n) is 2.81. The molecule has 0 heterocycles. The average Bonchev–Trinajstić information content (AvgIpc) is 2.68. The van der Waals surface area contributed by atoms with Gasteiger partial charge in [-0.05, 0) is 37.0 Å². The number of Topliss-reactive ketones (excluding diaryl/α,β-unsaturated/α-hetero) is 1. The molecule has 2 N–H and O–H groups in total. The summed E-state index contributed by atoms with van der Waals surface area (Å²) in [5, 5.41) is 11.0. The lowest BCUT2D eigenvalue weighted by atomic mass is 9.91. The summed E-state index contributed by atoms with van der Waals surface area (Å²) in [7, 11) is 0. The van der Waals surface area contributed by atoms with E-state index in [0.717, 1.165) is 16.7 Å². The molecule has 1 amide bonds. The first kappa shape index (κ1) is 21.7. The van der Waals surface area contributed by atoms with Gasteiger partial charge >= 0.3 is 5.97 Å². The number of ketones is 1. The second kappa shape index (κ2) is 10.1. The number of thiol groups is 1. The third kappa shape index (κ3) is 6.23. The Morgan fingerprint density at radius 1 is 0.964 bits per heavy atom. The second-order valence-electron chi connectivity index (χ2n) is 6.88. The Kier molecular flexibility index (Phi) is 7.81. The molecule has 0 fully saturated rings. The van der Waals surface area contributed by atoms with E-state index in [9.17, 15) is 14.4 Å². The van der Waals surface area contributed by atoms with Crippen LogP contribution in [0.5, 0.6) is 0 Å². The molecule has 6 heteroatoms. The van der Waals surface area contributed by atoms with E-state index in [-0.39, 0.29) is 12.2 Å². The van der Waals surface area contributed by atoms with Crippen LogP contribution in [-0.4, -0.2) is 34.1 Å². The molecule has 2 unspecified atom stereocenters. The molecular weight excluding hydrogens is 374 g/mol. The number of hydrogen-bond acceptors (Lipinski definition) is 4. The van der Waals surface area contributed by atoms with Gasteiger partial charge in [-0.1, -0.05) is 54.6 Å². The molecule has 0 aromatic heterocycles. The van der Waals surface area contributed by atoms with E-state index in [4.69, 9.17) is 5.11 Å². The first-order valence-corrected chi connectivity index (χ1v) is 9.68. The Bertz CT molecular complexity index is 818. The third-order valence-electron chi connectivity index (χ3n) is 4.56. The highest BCUT2D eigenvalue weighted by atomic mass is 32.1.